The van der Waals surface area contributed by atoms with Gasteiger partial charge in [0, 0.05) is 22.8 Å². The summed E-state index contributed by atoms with van der Waals surface area (Å²) < 4.78 is 25.1. The molecule has 1 saturated carbocycles. The smallest absolute Gasteiger partial charge is 0.407 e. The standard InChI is InChI=1S/C34H40FN3O7/c1-34(2,3)45-33(43)37-24(18-35)20-13-15-21(16-14-20)31(40)38-25(17-23(28(38)30(36)39)19-9-5-4-6-10-19)27-22-11-7-8-12-26(22)44-29(27)32(41)42/h4-12,20-21,23-25,28H,13-18H2,1-3H3,(H2,36,39)(H,37,43)(H,41,42)/t20?,21?,23-,24?,25?,28-/m0/s1. The second kappa shape index (κ2) is 12.9. The zero-order chi connectivity index (χ0) is 32.5. The first-order valence-electron chi connectivity index (χ1n) is 15.4. The number of carboxylic acids is 1. The molecule has 0 spiro atoms. The molecular weight excluding hydrogens is 581 g/mol. The summed E-state index contributed by atoms with van der Waals surface area (Å²) in [4.78, 5) is 53.9. The number of nitrogens with zero attached hydrogens (tertiary/aromatic N) is 1. The Morgan fingerprint density at radius 1 is 1.04 bits per heavy atom. The zero-order valence-electron chi connectivity index (χ0n) is 25.7. The maximum atomic E-state index is 14.5. The Bertz CT molecular complexity index is 1560. The molecule has 5 rings (SSSR count). The second-order valence-electron chi connectivity index (χ2n) is 13.0. The van der Waals surface area contributed by atoms with Gasteiger partial charge in [0.1, 0.15) is 23.9 Å². The number of halogens is 1. The Morgan fingerprint density at radius 3 is 2.29 bits per heavy atom. The van der Waals surface area contributed by atoms with Crippen LogP contribution < -0.4 is 11.1 Å². The SMILES string of the molecule is CC(C)(C)OC(=O)NC(CF)C1CCC(C(=O)N2C(c3c(C(=O)O)oc4ccccc34)C[C@@H](c3ccccc3)[C@H]2C(N)=O)CC1. The van der Waals surface area contributed by atoms with Gasteiger partial charge in [-0.1, -0.05) is 48.5 Å². The summed E-state index contributed by atoms with van der Waals surface area (Å²) >= 11 is 0. The number of hydrogen-bond acceptors (Lipinski definition) is 6. The number of para-hydroxylation sites is 1. The van der Waals surface area contributed by atoms with Crippen LogP contribution >= 0.6 is 0 Å². The number of carbonyl (C=O) groups excluding carboxylic acids is 3. The van der Waals surface area contributed by atoms with Crippen LogP contribution in [0.1, 0.15) is 86.5 Å². The maximum absolute atomic E-state index is 14.5. The van der Waals surface area contributed by atoms with E-state index in [4.69, 9.17) is 14.9 Å². The van der Waals surface area contributed by atoms with Crippen molar-refractivity contribution in [1.29, 1.82) is 0 Å². The summed E-state index contributed by atoms with van der Waals surface area (Å²) in [6.07, 6.45) is 1.32. The van der Waals surface area contributed by atoms with Crippen LogP contribution in [0.4, 0.5) is 9.18 Å². The van der Waals surface area contributed by atoms with Crippen molar-refractivity contribution in [2.45, 2.75) is 82.5 Å². The van der Waals surface area contributed by atoms with Gasteiger partial charge in [-0.3, -0.25) is 9.59 Å². The normalized spacial score (nSPS) is 24.3. The quantitative estimate of drug-likeness (QED) is 0.291. The third kappa shape index (κ3) is 6.67. The van der Waals surface area contributed by atoms with Gasteiger partial charge in [-0.25, -0.2) is 14.0 Å². The first-order chi connectivity index (χ1) is 21.4. The minimum Gasteiger partial charge on any atom is -0.475 e. The first-order valence-corrected chi connectivity index (χ1v) is 15.4. The molecule has 2 fully saturated rings. The highest BCUT2D eigenvalue weighted by molar-refractivity contribution is 5.97. The van der Waals surface area contributed by atoms with Crippen molar-refractivity contribution in [3.05, 3.63) is 71.5 Å². The highest BCUT2D eigenvalue weighted by atomic mass is 19.1. The molecule has 2 aliphatic rings. The van der Waals surface area contributed by atoms with E-state index < -0.39 is 60.2 Å². The van der Waals surface area contributed by atoms with Gasteiger partial charge in [0.2, 0.25) is 17.6 Å². The number of carbonyl (C=O) groups is 4. The number of carboxylic acid groups (broad SMARTS) is 1. The molecule has 1 aliphatic heterocycles. The van der Waals surface area contributed by atoms with Crippen molar-refractivity contribution in [2.24, 2.45) is 17.6 Å². The summed E-state index contributed by atoms with van der Waals surface area (Å²) in [6, 6.07) is 13.6. The van der Waals surface area contributed by atoms with Gasteiger partial charge in [0.15, 0.2) is 0 Å². The van der Waals surface area contributed by atoms with Crippen LogP contribution in [0, 0.1) is 11.8 Å². The molecule has 3 amide bonds. The van der Waals surface area contributed by atoms with E-state index in [1.165, 1.54) is 4.90 Å². The lowest BCUT2D eigenvalue weighted by Gasteiger charge is -2.37. The van der Waals surface area contributed by atoms with E-state index in [2.05, 4.69) is 5.32 Å². The van der Waals surface area contributed by atoms with Crippen LogP contribution in [-0.2, 0) is 14.3 Å². The summed E-state index contributed by atoms with van der Waals surface area (Å²) in [5.41, 5.74) is 6.81. The van der Waals surface area contributed by atoms with E-state index in [-0.39, 0.29) is 24.0 Å². The summed E-state index contributed by atoms with van der Waals surface area (Å²) in [7, 11) is 0. The first kappa shape index (κ1) is 32.0. The fourth-order valence-corrected chi connectivity index (χ4v) is 7.05. The van der Waals surface area contributed by atoms with Crippen molar-refractivity contribution in [1.82, 2.24) is 10.2 Å². The molecule has 4 atom stereocenters. The number of benzene rings is 2. The van der Waals surface area contributed by atoms with E-state index in [1.807, 2.05) is 30.3 Å². The lowest BCUT2D eigenvalue weighted by Crippen LogP contribution is -2.50. The largest absolute Gasteiger partial charge is 0.475 e. The van der Waals surface area contributed by atoms with Crippen LogP contribution in [0.15, 0.2) is 59.0 Å². The molecule has 4 N–H and O–H groups in total. The van der Waals surface area contributed by atoms with Crippen LogP contribution in [0.3, 0.4) is 0 Å². The van der Waals surface area contributed by atoms with E-state index >= 15 is 0 Å². The molecule has 0 bridgehead atoms. The molecule has 2 heterocycles. The average molecular weight is 622 g/mol. The number of likely N-dealkylation sites (tertiary alicyclic amines) is 1. The number of hydrogen-bond donors (Lipinski definition) is 3. The summed E-state index contributed by atoms with van der Waals surface area (Å²) in [5, 5.41) is 13.3. The molecule has 1 aliphatic carbocycles. The van der Waals surface area contributed by atoms with Crippen molar-refractivity contribution in [3.63, 3.8) is 0 Å². The second-order valence-corrected chi connectivity index (χ2v) is 13.0. The van der Waals surface area contributed by atoms with E-state index in [0.717, 1.165) is 5.56 Å². The molecule has 2 unspecified atom stereocenters. The number of nitrogens with two attached hydrogens (primary N) is 1. The van der Waals surface area contributed by atoms with Crippen LogP contribution in [0.5, 0.6) is 0 Å². The number of rotatable bonds is 8. The minimum atomic E-state index is -1.28. The Kier molecular flexibility index (Phi) is 9.18. The number of aromatic carboxylic acids is 1. The highest BCUT2D eigenvalue weighted by Gasteiger charge is 2.51. The number of ether oxygens (including phenoxy) is 1. The molecule has 0 radical (unpaired) electrons. The number of alkyl carbamates (subject to hydrolysis) is 1. The lowest BCUT2D eigenvalue weighted by atomic mass is 9.78. The fourth-order valence-electron chi connectivity index (χ4n) is 7.05. The van der Waals surface area contributed by atoms with Crippen LogP contribution in [0.25, 0.3) is 11.0 Å². The molecule has 11 heteroatoms. The predicted octanol–water partition coefficient (Wildman–Crippen LogP) is 5.71. The Morgan fingerprint density at radius 2 is 1.69 bits per heavy atom. The number of fused-ring (bicyclic) bond motifs is 1. The van der Waals surface area contributed by atoms with Crippen molar-refractivity contribution in [3.8, 4) is 0 Å². The number of primary amides is 1. The van der Waals surface area contributed by atoms with Gasteiger partial charge in [-0.15, -0.1) is 0 Å². The Labute approximate surface area is 261 Å². The molecular formula is C34H40FN3O7. The molecule has 1 saturated heterocycles. The minimum absolute atomic E-state index is 0.207. The zero-order valence-corrected chi connectivity index (χ0v) is 25.7. The summed E-state index contributed by atoms with van der Waals surface area (Å²) in [6.45, 7) is 4.41. The molecule has 240 valence electrons. The monoisotopic (exact) mass is 621 g/mol. The van der Waals surface area contributed by atoms with Crippen molar-refractivity contribution >= 4 is 34.8 Å². The number of furan rings is 1. The van der Waals surface area contributed by atoms with Gasteiger partial charge in [0.25, 0.3) is 0 Å². The van der Waals surface area contributed by atoms with E-state index in [1.54, 1.807) is 45.0 Å². The van der Waals surface area contributed by atoms with Gasteiger partial charge >= 0.3 is 12.1 Å². The lowest BCUT2D eigenvalue weighted by molar-refractivity contribution is -0.144. The van der Waals surface area contributed by atoms with Crippen LogP contribution in [-0.4, -0.2) is 58.2 Å². The van der Waals surface area contributed by atoms with Gasteiger partial charge in [-0.2, -0.15) is 0 Å². The Balaban J connectivity index is 1.46. The molecule has 10 nitrogen and oxygen atoms in total. The highest BCUT2D eigenvalue weighted by Crippen LogP contribution is 2.50. The third-order valence-corrected chi connectivity index (χ3v) is 8.99. The molecule has 45 heavy (non-hydrogen) atoms. The average Bonchev–Trinajstić information content (AvgIpc) is 3.59. The summed E-state index contributed by atoms with van der Waals surface area (Å²) in [5.74, 6) is -3.73. The van der Waals surface area contributed by atoms with Crippen molar-refractivity contribution in [2.75, 3.05) is 6.67 Å². The molecule has 3 aromatic rings. The predicted molar refractivity (Wildman–Crippen MR) is 164 cm³/mol. The third-order valence-electron chi connectivity index (χ3n) is 8.99. The van der Waals surface area contributed by atoms with Crippen LogP contribution in [0.2, 0.25) is 0 Å². The molecule has 2 aromatic carbocycles. The topological polar surface area (TPSA) is 152 Å². The fraction of sp³-hybridized carbons (Fsp3) is 0.471. The van der Waals surface area contributed by atoms with Crippen molar-refractivity contribution < 1.29 is 37.8 Å². The van der Waals surface area contributed by atoms with E-state index in [9.17, 15) is 28.7 Å². The van der Waals surface area contributed by atoms with Gasteiger partial charge in [-0.05, 0) is 70.4 Å². The van der Waals surface area contributed by atoms with E-state index in [0.29, 0.717) is 42.2 Å². The van der Waals surface area contributed by atoms with Gasteiger partial charge in [0.05, 0.1) is 12.1 Å². The number of alkyl halides is 1. The maximum Gasteiger partial charge on any atom is 0.407 e. The number of amides is 3. The number of nitrogens with one attached hydrogen (secondary N) is 1. The Hall–Kier alpha value is -4.41. The van der Waals surface area contributed by atoms with Gasteiger partial charge < -0.3 is 30.2 Å². The molecule has 1 aromatic heterocycles.